The molecule has 23 heavy (non-hydrogen) atoms. The van der Waals surface area contributed by atoms with Gasteiger partial charge in [0.05, 0.1) is 18.4 Å². The summed E-state index contributed by atoms with van der Waals surface area (Å²) in [6.45, 7) is 2.23. The fraction of sp³-hybridized carbons (Fsp3) is 0.133. The van der Waals surface area contributed by atoms with E-state index >= 15 is 0 Å². The van der Waals surface area contributed by atoms with E-state index in [0.717, 1.165) is 16.4 Å². The van der Waals surface area contributed by atoms with Gasteiger partial charge in [0, 0.05) is 11.1 Å². The third-order valence-corrected chi connectivity index (χ3v) is 4.36. The minimum absolute atomic E-state index is 0.218. The lowest BCUT2D eigenvalue weighted by molar-refractivity contribution is 0.595. The number of aromatic nitrogens is 6. The van der Waals surface area contributed by atoms with Gasteiger partial charge in [-0.3, -0.25) is 4.79 Å². The lowest BCUT2D eigenvalue weighted by Crippen LogP contribution is -2.24. The van der Waals surface area contributed by atoms with Crippen molar-refractivity contribution < 1.29 is 0 Å². The molecule has 0 spiro atoms. The van der Waals surface area contributed by atoms with Gasteiger partial charge in [0.2, 0.25) is 0 Å². The fourth-order valence-electron chi connectivity index (χ4n) is 2.33. The third-order valence-electron chi connectivity index (χ3n) is 3.41. The van der Waals surface area contributed by atoms with Crippen LogP contribution >= 0.6 is 11.3 Å². The number of fused-ring (bicyclic) bond motifs is 1. The highest BCUT2D eigenvalue weighted by atomic mass is 32.1. The molecule has 0 aliphatic heterocycles. The molecule has 0 N–H and O–H groups in total. The molecule has 0 aliphatic carbocycles. The second-order valence-corrected chi connectivity index (χ2v) is 6.01. The monoisotopic (exact) mass is 324 g/mol. The molecule has 114 valence electrons. The second-order valence-electron chi connectivity index (χ2n) is 5.06. The molecule has 0 amide bonds. The van der Waals surface area contributed by atoms with Crippen LogP contribution in [0.4, 0.5) is 0 Å². The molecule has 0 aliphatic rings. The molecule has 0 saturated carbocycles. The molecule has 0 atom stereocenters. The van der Waals surface area contributed by atoms with Gasteiger partial charge < -0.3 is 0 Å². The van der Waals surface area contributed by atoms with Crippen LogP contribution in [0.1, 0.15) is 10.7 Å². The fourth-order valence-corrected chi connectivity index (χ4v) is 3.08. The van der Waals surface area contributed by atoms with E-state index in [4.69, 9.17) is 0 Å². The smallest absolute Gasteiger partial charge is 0.267 e. The molecular formula is C15H12N6OS. The van der Waals surface area contributed by atoms with Crippen molar-refractivity contribution in [1.29, 1.82) is 0 Å². The SMILES string of the molecule is Cc1csc(Cn2nnc3c(cnn3-c3ccccc3)c2=O)n1. The topological polar surface area (TPSA) is 78.5 Å². The summed E-state index contributed by atoms with van der Waals surface area (Å²) in [4.78, 5) is 16.9. The molecular weight excluding hydrogens is 312 g/mol. The predicted octanol–water partition coefficient (Wildman–Crippen LogP) is 1.79. The van der Waals surface area contributed by atoms with E-state index in [1.54, 1.807) is 4.68 Å². The van der Waals surface area contributed by atoms with Crippen LogP contribution in [0.5, 0.6) is 0 Å². The molecule has 0 unspecified atom stereocenters. The van der Waals surface area contributed by atoms with Gasteiger partial charge in [-0.25, -0.2) is 14.3 Å². The normalized spacial score (nSPS) is 11.2. The molecule has 0 radical (unpaired) electrons. The summed E-state index contributed by atoms with van der Waals surface area (Å²) >= 11 is 1.50. The van der Waals surface area contributed by atoms with Gasteiger partial charge in [-0.15, -0.1) is 16.4 Å². The molecule has 4 aromatic rings. The Balaban J connectivity index is 1.79. The van der Waals surface area contributed by atoms with Crippen LogP contribution < -0.4 is 5.56 Å². The summed E-state index contributed by atoms with van der Waals surface area (Å²) < 4.78 is 2.93. The summed E-state index contributed by atoms with van der Waals surface area (Å²) in [5.74, 6) is 0. The Morgan fingerprint density at radius 3 is 2.78 bits per heavy atom. The molecule has 8 heteroatoms. The summed E-state index contributed by atoms with van der Waals surface area (Å²) in [5.41, 5.74) is 2.01. The molecule has 4 rings (SSSR count). The van der Waals surface area contributed by atoms with Crippen LogP contribution in [-0.2, 0) is 6.54 Å². The van der Waals surface area contributed by atoms with E-state index in [1.807, 2.05) is 42.6 Å². The molecule has 3 heterocycles. The Bertz CT molecular complexity index is 1030. The largest absolute Gasteiger partial charge is 0.281 e. The zero-order valence-corrected chi connectivity index (χ0v) is 13.1. The first-order valence-electron chi connectivity index (χ1n) is 7.00. The first kappa shape index (κ1) is 13.8. The summed E-state index contributed by atoms with van der Waals surface area (Å²) in [6, 6.07) is 9.53. The number of hydrogen-bond acceptors (Lipinski definition) is 6. The third kappa shape index (κ3) is 2.42. The quantitative estimate of drug-likeness (QED) is 0.574. The van der Waals surface area contributed by atoms with Crippen molar-refractivity contribution in [3.63, 3.8) is 0 Å². The van der Waals surface area contributed by atoms with Gasteiger partial charge in [-0.05, 0) is 19.1 Å². The van der Waals surface area contributed by atoms with Crippen LogP contribution in [0.15, 0.2) is 46.7 Å². The van der Waals surface area contributed by atoms with Gasteiger partial charge in [0.1, 0.15) is 10.4 Å². The second kappa shape index (κ2) is 5.40. The minimum Gasteiger partial charge on any atom is -0.267 e. The molecule has 3 aromatic heterocycles. The van der Waals surface area contributed by atoms with Gasteiger partial charge in [-0.1, -0.05) is 23.4 Å². The maximum absolute atomic E-state index is 12.6. The lowest BCUT2D eigenvalue weighted by atomic mass is 10.3. The maximum atomic E-state index is 12.6. The van der Waals surface area contributed by atoms with Crippen molar-refractivity contribution in [2.24, 2.45) is 0 Å². The van der Waals surface area contributed by atoms with Crippen LogP contribution in [0.3, 0.4) is 0 Å². The number of benzene rings is 1. The van der Waals surface area contributed by atoms with Crippen molar-refractivity contribution in [2.45, 2.75) is 13.5 Å². The van der Waals surface area contributed by atoms with Crippen LogP contribution in [0, 0.1) is 6.92 Å². The van der Waals surface area contributed by atoms with Crippen molar-refractivity contribution in [3.05, 3.63) is 63.0 Å². The number of thiazole rings is 1. The van der Waals surface area contributed by atoms with E-state index in [0.29, 0.717) is 17.6 Å². The Hall–Kier alpha value is -2.87. The van der Waals surface area contributed by atoms with E-state index in [9.17, 15) is 4.79 Å². The highest BCUT2D eigenvalue weighted by molar-refractivity contribution is 7.09. The summed E-state index contributed by atoms with van der Waals surface area (Å²) in [5, 5.41) is 15.7. The molecule has 7 nitrogen and oxygen atoms in total. The Labute approximate surface area is 134 Å². The minimum atomic E-state index is -0.218. The van der Waals surface area contributed by atoms with Crippen molar-refractivity contribution in [1.82, 2.24) is 29.8 Å². The molecule has 0 saturated heterocycles. The predicted molar refractivity (Wildman–Crippen MR) is 86.9 cm³/mol. The van der Waals surface area contributed by atoms with Crippen molar-refractivity contribution >= 4 is 22.4 Å². The van der Waals surface area contributed by atoms with Crippen LogP contribution in [0.2, 0.25) is 0 Å². The number of nitrogens with zero attached hydrogens (tertiary/aromatic N) is 6. The maximum Gasteiger partial charge on any atom is 0.281 e. The van der Waals surface area contributed by atoms with E-state index < -0.39 is 0 Å². The zero-order valence-electron chi connectivity index (χ0n) is 12.2. The molecule has 1 aromatic carbocycles. The lowest BCUT2D eigenvalue weighted by Gasteiger charge is -2.03. The van der Waals surface area contributed by atoms with Crippen LogP contribution in [-0.4, -0.2) is 29.8 Å². The van der Waals surface area contributed by atoms with E-state index in [-0.39, 0.29) is 5.56 Å². The number of aryl methyl sites for hydroxylation is 1. The Kier molecular flexibility index (Phi) is 3.23. The molecule has 0 fully saturated rings. The first-order valence-corrected chi connectivity index (χ1v) is 7.88. The average Bonchev–Trinajstić information content (AvgIpc) is 3.17. The summed E-state index contributed by atoms with van der Waals surface area (Å²) in [7, 11) is 0. The van der Waals surface area contributed by atoms with Crippen LogP contribution in [0.25, 0.3) is 16.7 Å². The standard InChI is InChI=1S/C15H12N6OS/c1-10-9-23-13(17-10)8-20-15(22)12-7-16-21(14(12)18-19-20)11-5-3-2-4-6-11/h2-7,9H,8H2,1H3. The molecule has 0 bridgehead atoms. The highest BCUT2D eigenvalue weighted by Gasteiger charge is 2.13. The van der Waals surface area contributed by atoms with E-state index in [1.165, 1.54) is 22.2 Å². The Morgan fingerprint density at radius 1 is 1.22 bits per heavy atom. The van der Waals surface area contributed by atoms with Gasteiger partial charge in [0.15, 0.2) is 5.65 Å². The van der Waals surface area contributed by atoms with Crippen molar-refractivity contribution in [2.75, 3.05) is 0 Å². The Morgan fingerprint density at radius 2 is 2.04 bits per heavy atom. The number of para-hydroxylation sites is 1. The van der Waals surface area contributed by atoms with Gasteiger partial charge >= 0.3 is 0 Å². The van der Waals surface area contributed by atoms with Gasteiger partial charge in [0.25, 0.3) is 5.56 Å². The zero-order chi connectivity index (χ0) is 15.8. The summed E-state index contributed by atoms with van der Waals surface area (Å²) in [6.07, 6.45) is 1.53. The highest BCUT2D eigenvalue weighted by Crippen LogP contribution is 2.13. The first-order chi connectivity index (χ1) is 11.2. The number of hydrogen-bond donors (Lipinski definition) is 0. The average molecular weight is 324 g/mol. The number of rotatable bonds is 3. The van der Waals surface area contributed by atoms with E-state index in [2.05, 4.69) is 20.4 Å². The van der Waals surface area contributed by atoms with Gasteiger partial charge in [-0.2, -0.15) is 5.10 Å². The van der Waals surface area contributed by atoms with Crippen molar-refractivity contribution in [3.8, 4) is 5.69 Å².